The van der Waals surface area contributed by atoms with E-state index in [2.05, 4.69) is 15.3 Å². The average Bonchev–Trinajstić information content (AvgIpc) is 2.66. The fraction of sp³-hybridized carbons (Fsp3) is 0.722. The molecule has 1 amide bonds. The Morgan fingerprint density at radius 1 is 1.29 bits per heavy atom. The number of aryl methyl sites for hydroxylation is 1. The van der Waals surface area contributed by atoms with Crippen LogP contribution in [0, 0.1) is 6.92 Å². The second-order valence-electron chi connectivity index (χ2n) is 6.90. The monoisotopic (exact) mass is 437 g/mol. The number of nitrogens with two attached hydrogens (primary N) is 1. The van der Waals surface area contributed by atoms with Crippen LogP contribution in [0.2, 0.25) is 0 Å². The van der Waals surface area contributed by atoms with Gasteiger partial charge in [0.2, 0.25) is 11.9 Å². The highest BCUT2D eigenvalue weighted by atomic mass is 35.5. The molecular formula is C18H33Cl2N5O3. The Morgan fingerprint density at radius 3 is 2.43 bits per heavy atom. The van der Waals surface area contributed by atoms with E-state index in [1.165, 1.54) is 0 Å². The van der Waals surface area contributed by atoms with E-state index in [9.17, 15) is 9.59 Å². The molecule has 4 N–H and O–H groups in total. The Hall–Kier alpha value is -1.35. The number of amides is 1. The second-order valence-corrected chi connectivity index (χ2v) is 6.90. The molecule has 162 valence electrons. The first kappa shape index (κ1) is 26.6. The quantitative estimate of drug-likeness (QED) is 0.564. The van der Waals surface area contributed by atoms with Gasteiger partial charge in [0.05, 0.1) is 13.2 Å². The maximum absolute atomic E-state index is 12.4. The van der Waals surface area contributed by atoms with Gasteiger partial charge in [-0.3, -0.25) is 14.6 Å². The summed E-state index contributed by atoms with van der Waals surface area (Å²) in [6, 6.07) is 0. The van der Waals surface area contributed by atoms with E-state index in [1.807, 2.05) is 25.7 Å². The van der Waals surface area contributed by atoms with E-state index >= 15 is 0 Å². The van der Waals surface area contributed by atoms with Gasteiger partial charge in [0.1, 0.15) is 0 Å². The molecule has 8 nitrogen and oxygen atoms in total. The fourth-order valence-corrected chi connectivity index (χ4v) is 2.92. The van der Waals surface area contributed by atoms with Crippen molar-refractivity contribution in [3.8, 4) is 0 Å². The molecule has 28 heavy (non-hydrogen) atoms. The van der Waals surface area contributed by atoms with Gasteiger partial charge < -0.3 is 20.7 Å². The summed E-state index contributed by atoms with van der Waals surface area (Å²) in [6.45, 7) is 8.96. The van der Waals surface area contributed by atoms with Crippen LogP contribution < -0.4 is 21.5 Å². The van der Waals surface area contributed by atoms with E-state index < -0.39 is 0 Å². The zero-order chi connectivity index (χ0) is 19.2. The van der Waals surface area contributed by atoms with E-state index in [0.29, 0.717) is 56.5 Å². The minimum atomic E-state index is -0.371. The fourth-order valence-electron chi connectivity index (χ4n) is 2.92. The molecule has 1 aliphatic heterocycles. The summed E-state index contributed by atoms with van der Waals surface area (Å²) in [4.78, 5) is 33.9. The summed E-state index contributed by atoms with van der Waals surface area (Å²) in [5.41, 5.74) is 6.87. The number of ether oxygens (including phenoxy) is 1. The lowest BCUT2D eigenvalue weighted by Crippen LogP contribution is -2.49. The maximum atomic E-state index is 12.4. The van der Waals surface area contributed by atoms with E-state index in [1.54, 1.807) is 0 Å². The third-order valence-electron chi connectivity index (χ3n) is 5.17. The van der Waals surface area contributed by atoms with Crippen molar-refractivity contribution in [2.45, 2.75) is 52.0 Å². The van der Waals surface area contributed by atoms with Crippen molar-refractivity contribution >= 4 is 36.7 Å². The Morgan fingerprint density at radius 2 is 1.89 bits per heavy atom. The van der Waals surface area contributed by atoms with Crippen LogP contribution in [0.4, 0.5) is 5.95 Å². The van der Waals surface area contributed by atoms with Gasteiger partial charge in [-0.05, 0) is 26.2 Å². The van der Waals surface area contributed by atoms with Crippen molar-refractivity contribution in [1.29, 1.82) is 0 Å². The molecule has 0 aromatic carbocycles. The molecular weight excluding hydrogens is 405 g/mol. The molecule has 1 saturated heterocycles. The predicted molar refractivity (Wildman–Crippen MR) is 116 cm³/mol. The van der Waals surface area contributed by atoms with Gasteiger partial charge in [-0.1, -0.05) is 13.8 Å². The van der Waals surface area contributed by atoms with Gasteiger partial charge in [-0.25, -0.2) is 4.98 Å². The molecule has 0 bridgehead atoms. The molecule has 1 fully saturated rings. The number of nitrogens with one attached hydrogen (secondary N) is 2. The minimum absolute atomic E-state index is 0. The topological polar surface area (TPSA) is 113 Å². The third-order valence-corrected chi connectivity index (χ3v) is 5.17. The maximum Gasteiger partial charge on any atom is 0.255 e. The third kappa shape index (κ3) is 7.24. The van der Waals surface area contributed by atoms with Crippen molar-refractivity contribution in [3.63, 3.8) is 0 Å². The molecule has 0 unspecified atom stereocenters. The number of hydrogen-bond donors (Lipinski definition) is 3. The van der Waals surface area contributed by atoms with Crippen molar-refractivity contribution in [1.82, 2.24) is 15.3 Å². The Kier molecular flexibility index (Phi) is 11.7. The van der Waals surface area contributed by atoms with Crippen LogP contribution in [0.15, 0.2) is 4.79 Å². The van der Waals surface area contributed by atoms with Crippen LogP contribution in [-0.2, 0) is 16.0 Å². The van der Waals surface area contributed by atoms with Crippen LogP contribution in [0.1, 0.15) is 44.4 Å². The van der Waals surface area contributed by atoms with Gasteiger partial charge in [0, 0.05) is 42.9 Å². The largest absolute Gasteiger partial charge is 0.378 e. The first-order valence-electron chi connectivity index (χ1n) is 9.36. The van der Waals surface area contributed by atoms with Crippen LogP contribution in [0.5, 0.6) is 0 Å². The molecule has 2 rings (SSSR count). The number of aromatic nitrogens is 2. The van der Waals surface area contributed by atoms with E-state index in [-0.39, 0.29) is 48.2 Å². The Bertz CT molecular complexity index is 674. The van der Waals surface area contributed by atoms with Gasteiger partial charge in [0.15, 0.2) is 0 Å². The Labute approximate surface area is 178 Å². The number of halogens is 2. The lowest BCUT2D eigenvalue weighted by atomic mass is 9.94. The van der Waals surface area contributed by atoms with E-state index in [4.69, 9.17) is 10.5 Å². The van der Waals surface area contributed by atoms with Crippen molar-refractivity contribution < 1.29 is 9.53 Å². The molecule has 1 aromatic rings. The van der Waals surface area contributed by atoms with E-state index in [0.717, 1.165) is 12.8 Å². The molecule has 1 aliphatic rings. The molecule has 0 spiro atoms. The standard InChI is InChI=1S/C18H31N5O3.2ClH/c1-4-18(19,5-2)12-20-15(24)7-6-14-13(3)21-17(22-16(14)25)23-8-10-26-11-9-23;;/h4-12,19H2,1-3H3,(H,20,24)(H,21,22,25);2*1H. The van der Waals surface area contributed by atoms with Crippen LogP contribution >= 0.6 is 24.8 Å². The molecule has 0 atom stereocenters. The summed E-state index contributed by atoms with van der Waals surface area (Å²) >= 11 is 0. The number of carbonyl (C=O) groups is 1. The van der Waals surface area contributed by atoms with Crippen LogP contribution in [0.3, 0.4) is 0 Å². The van der Waals surface area contributed by atoms with Crippen molar-refractivity contribution in [2.24, 2.45) is 5.73 Å². The number of nitrogens with zero attached hydrogens (tertiary/aromatic N) is 2. The summed E-state index contributed by atoms with van der Waals surface area (Å²) in [6.07, 6.45) is 2.20. The average molecular weight is 438 g/mol. The minimum Gasteiger partial charge on any atom is -0.378 e. The normalized spacial score (nSPS) is 14.1. The highest BCUT2D eigenvalue weighted by molar-refractivity contribution is 5.85. The summed E-state index contributed by atoms with van der Waals surface area (Å²) < 4.78 is 5.32. The molecule has 1 aromatic heterocycles. The lowest BCUT2D eigenvalue weighted by Gasteiger charge is -2.27. The Balaban J connectivity index is 0.00000364. The lowest BCUT2D eigenvalue weighted by molar-refractivity contribution is -0.121. The van der Waals surface area contributed by atoms with Crippen molar-refractivity contribution in [2.75, 3.05) is 37.7 Å². The summed E-state index contributed by atoms with van der Waals surface area (Å²) in [5.74, 6) is 0.473. The number of morpholine rings is 1. The predicted octanol–water partition coefficient (Wildman–Crippen LogP) is 1.32. The van der Waals surface area contributed by atoms with Crippen molar-refractivity contribution in [3.05, 3.63) is 21.6 Å². The van der Waals surface area contributed by atoms with Gasteiger partial charge in [-0.15, -0.1) is 24.8 Å². The summed E-state index contributed by atoms with van der Waals surface area (Å²) in [7, 11) is 0. The number of aromatic amines is 1. The number of carbonyl (C=O) groups excluding carboxylic acids is 1. The zero-order valence-corrected chi connectivity index (χ0v) is 18.5. The smallest absolute Gasteiger partial charge is 0.255 e. The van der Waals surface area contributed by atoms with Gasteiger partial charge in [0.25, 0.3) is 5.56 Å². The zero-order valence-electron chi connectivity index (χ0n) is 16.9. The second kappa shape index (κ2) is 12.3. The highest BCUT2D eigenvalue weighted by Crippen LogP contribution is 2.12. The first-order valence-corrected chi connectivity index (χ1v) is 9.36. The molecule has 2 heterocycles. The number of anilines is 1. The van der Waals surface area contributed by atoms with Gasteiger partial charge in [-0.2, -0.15) is 0 Å². The molecule has 0 aliphatic carbocycles. The van der Waals surface area contributed by atoms with Gasteiger partial charge >= 0.3 is 0 Å². The molecule has 0 radical (unpaired) electrons. The highest BCUT2D eigenvalue weighted by Gasteiger charge is 2.21. The number of H-pyrrole nitrogens is 1. The van der Waals surface area contributed by atoms with Crippen LogP contribution in [-0.4, -0.2) is 54.3 Å². The summed E-state index contributed by atoms with van der Waals surface area (Å²) in [5, 5.41) is 2.88. The SMILES string of the molecule is CCC(N)(CC)CNC(=O)CCc1c(C)nc(N2CCOCC2)[nH]c1=O.Cl.Cl. The molecule has 10 heteroatoms. The number of rotatable bonds is 8. The van der Waals surface area contributed by atoms with Crippen LogP contribution in [0.25, 0.3) is 0 Å². The molecule has 0 saturated carbocycles. The first-order chi connectivity index (χ1) is 12.4. The number of hydrogen-bond acceptors (Lipinski definition) is 6.